The fourth-order valence-electron chi connectivity index (χ4n) is 4.74. The van der Waals surface area contributed by atoms with E-state index in [1.54, 1.807) is 26.7 Å². The summed E-state index contributed by atoms with van der Waals surface area (Å²) in [5.74, 6) is 2.85. The Labute approximate surface area is 196 Å². The molecule has 34 heavy (non-hydrogen) atoms. The topological polar surface area (TPSA) is 83.3 Å². The maximum atomic E-state index is 6.70. The lowest BCUT2D eigenvalue weighted by Gasteiger charge is -2.39. The molecule has 0 amide bonds. The van der Waals surface area contributed by atoms with E-state index < -0.39 is 6.10 Å². The van der Waals surface area contributed by atoms with Crippen molar-refractivity contribution >= 4 is 11.6 Å². The molecule has 0 aliphatic carbocycles. The monoisotopic (exact) mass is 453 g/mol. The second-order valence-electron chi connectivity index (χ2n) is 8.28. The van der Waals surface area contributed by atoms with Gasteiger partial charge in [0.2, 0.25) is 5.95 Å². The van der Waals surface area contributed by atoms with Crippen LogP contribution >= 0.6 is 0 Å². The zero-order chi connectivity index (χ0) is 23.2. The highest BCUT2D eigenvalue weighted by atomic mass is 16.5. The Morgan fingerprint density at radius 3 is 2.76 bits per heavy atom. The fourth-order valence-corrected chi connectivity index (χ4v) is 4.74. The van der Waals surface area contributed by atoms with Crippen LogP contribution in [0.3, 0.4) is 0 Å². The summed E-state index contributed by atoms with van der Waals surface area (Å²) < 4.78 is 19.8. The van der Waals surface area contributed by atoms with E-state index >= 15 is 0 Å². The second-order valence-corrected chi connectivity index (χ2v) is 8.28. The molecule has 4 aromatic rings. The van der Waals surface area contributed by atoms with Crippen molar-refractivity contribution in [2.45, 2.75) is 19.1 Å². The molecule has 6 rings (SSSR count). The first kappa shape index (κ1) is 20.3. The van der Waals surface area contributed by atoms with Crippen molar-refractivity contribution in [1.29, 1.82) is 0 Å². The predicted molar refractivity (Wildman–Crippen MR) is 127 cm³/mol. The Bertz CT molecular complexity index is 1410. The lowest BCUT2D eigenvalue weighted by molar-refractivity contribution is 0.217. The molecule has 2 aliphatic rings. The lowest BCUT2D eigenvalue weighted by Crippen LogP contribution is -2.32. The normalized spacial score (nSPS) is 18.2. The van der Waals surface area contributed by atoms with Crippen molar-refractivity contribution in [2.24, 2.45) is 0 Å². The molecule has 0 radical (unpaired) electrons. The maximum absolute atomic E-state index is 6.70. The van der Waals surface area contributed by atoms with Gasteiger partial charge in [-0.05, 0) is 42.8 Å². The quantitative estimate of drug-likeness (QED) is 0.485. The van der Waals surface area contributed by atoms with Crippen LogP contribution in [0.4, 0.5) is 5.95 Å². The van der Waals surface area contributed by atoms with Gasteiger partial charge in [0.05, 0.1) is 19.9 Å². The molecule has 2 aromatic carbocycles. The number of nitrogens with one attached hydrogen (secondary N) is 1. The highest BCUT2D eigenvalue weighted by Gasteiger charge is 2.42. The van der Waals surface area contributed by atoms with E-state index in [2.05, 4.69) is 39.4 Å². The van der Waals surface area contributed by atoms with Gasteiger partial charge in [-0.3, -0.25) is 4.98 Å². The van der Waals surface area contributed by atoms with Crippen LogP contribution in [0.2, 0.25) is 0 Å². The highest BCUT2D eigenvalue weighted by Crippen LogP contribution is 2.52. The van der Waals surface area contributed by atoms with E-state index in [0.29, 0.717) is 17.4 Å². The molecule has 0 saturated heterocycles. The van der Waals surface area contributed by atoms with Gasteiger partial charge in [0.15, 0.2) is 6.10 Å². The zero-order valence-corrected chi connectivity index (χ0v) is 19.0. The van der Waals surface area contributed by atoms with Gasteiger partial charge in [-0.2, -0.15) is 10.1 Å². The Morgan fingerprint density at radius 1 is 1.06 bits per heavy atom. The number of pyridine rings is 1. The molecule has 4 heterocycles. The molecular formula is C26H23N5O3. The minimum Gasteiger partial charge on any atom is -0.497 e. The minimum absolute atomic E-state index is 0.270. The van der Waals surface area contributed by atoms with Crippen LogP contribution in [0.25, 0.3) is 5.70 Å². The largest absolute Gasteiger partial charge is 0.497 e. The molecule has 8 heteroatoms. The third kappa shape index (κ3) is 3.10. The van der Waals surface area contributed by atoms with E-state index in [9.17, 15) is 0 Å². The number of benzene rings is 2. The maximum Gasteiger partial charge on any atom is 0.226 e. The number of fused-ring (bicyclic) bond motifs is 3. The van der Waals surface area contributed by atoms with Gasteiger partial charge in [-0.15, -0.1) is 0 Å². The lowest BCUT2D eigenvalue weighted by atomic mass is 9.84. The number of hydrogen-bond donors (Lipinski definition) is 1. The molecule has 8 nitrogen and oxygen atoms in total. The Hall–Kier alpha value is -4.33. The molecule has 0 spiro atoms. The summed E-state index contributed by atoms with van der Waals surface area (Å²) in [5, 5.41) is 8.08. The summed E-state index contributed by atoms with van der Waals surface area (Å²) >= 11 is 0. The first-order chi connectivity index (χ1) is 16.7. The number of nitrogens with zero attached hydrogens (tertiary/aromatic N) is 4. The molecule has 0 bridgehead atoms. The number of aromatic nitrogens is 4. The first-order valence-corrected chi connectivity index (χ1v) is 11.0. The van der Waals surface area contributed by atoms with Gasteiger partial charge in [-0.25, -0.2) is 4.68 Å². The van der Waals surface area contributed by atoms with Crippen LogP contribution in [-0.4, -0.2) is 34.0 Å². The average Bonchev–Trinajstić information content (AvgIpc) is 3.35. The number of aryl methyl sites for hydroxylation is 1. The van der Waals surface area contributed by atoms with Gasteiger partial charge in [-0.1, -0.05) is 17.7 Å². The molecule has 170 valence electrons. The van der Waals surface area contributed by atoms with Crippen molar-refractivity contribution in [2.75, 3.05) is 19.5 Å². The Kier molecular flexibility index (Phi) is 4.72. The summed E-state index contributed by atoms with van der Waals surface area (Å²) in [6, 6.07) is 15.7. The molecule has 1 N–H and O–H groups in total. The summed E-state index contributed by atoms with van der Waals surface area (Å²) in [5.41, 5.74) is 5.97. The van der Waals surface area contributed by atoms with Gasteiger partial charge >= 0.3 is 0 Å². The SMILES string of the molecule is COc1ccc([C@@H]2Oc3ccc(C)cc3C3=C2[C@@H](c2cccnc2)n2ncnc2N3)c(OC)c1. The van der Waals surface area contributed by atoms with Crippen LogP contribution in [0, 0.1) is 6.92 Å². The van der Waals surface area contributed by atoms with Gasteiger partial charge in [0, 0.05) is 35.2 Å². The van der Waals surface area contributed by atoms with Crippen molar-refractivity contribution in [3.05, 3.63) is 95.1 Å². The Morgan fingerprint density at radius 2 is 1.97 bits per heavy atom. The summed E-state index contributed by atoms with van der Waals surface area (Å²) in [6.07, 6.45) is 4.74. The molecule has 2 aliphatic heterocycles. The molecule has 2 aromatic heterocycles. The van der Waals surface area contributed by atoms with E-state index in [1.807, 2.05) is 47.3 Å². The van der Waals surface area contributed by atoms with E-state index in [4.69, 9.17) is 14.2 Å². The Balaban J connectivity index is 1.64. The van der Waals surface area contributed by atoms with Crippen molar-refractivity contribution in [3.8, 4) is 17.2 Å². The molecule has 0 fully saturated rings. The van der Waals surface area contributed by atoms with Crippen molar-refractivity contribution in [1.82, 2.24) is 19.7 Å². The summed E-state index contributed by atoms with van der Waals surface area (Å²) in [7, 11) is 3.29. The van der Waals surface area contributed by atoms with Crippen LogP contribution in [0.5, 0.6) is 17.2 Å². The molecule has 0 unspecified atom stereocenters. The first-order valence-electron chi connectivity index (χ1n) is 11.0. The third-order valence-corrected chi connectivity index (χ3v) is 6.29. The summed E-state index contributed by atoms with van der Waals surface area (Å²) in [4.78, 5) is 8.86. The smallest absolute Gasteiger partial charge is 0.226 e. The number of hydrogen-bond acceptors (Lipinski definition) is 7. The van der Waals surface area contributed by atoms with Crippen molar-refractivity contribution in [3.63, 3.8) is 0 Å². The molecule has 2 atom stereocenters. The van der Waals surface area contributed by atoms with E-state index in [-0.39, 0.29) is 6.04 Å². The van der Waals surface area contributed by atoms with Crippen LogP contribution in [0.15, 0.2) is 72.8 Å². The fraction of sp³-hybridized carbons (Fsp3) is 0.192. The highest BCUT2D eigenvalue weighted by molar-refractivity contribution is 5.85. The zero-order valence-electron chi connectivity index (χ0n) is 19.0. The van der Waals surface area contributed by atoms with Gasteiger partial charge in [0.25, 0.3) is 0 Å². The second kappa shape index (κ2) is 7.91. The number of anilines is 1. The van der Waals surface area contributed by atoms with Crippen molar-refractivity contribution < 1.29 is 14.2 Å². The average molecular weight is 454 g/mol. The van der Waals surface area contributed by atoms with E-state index in [0.717, 1.165) is 39.3 Å². The van der Waals surface area contributed by atoms with Gasteiger partial charge in [0.1, 0.15) is 29.6 Å². The number of methoxy groups -OCH3 is 2. The summed E-state index contributed by atoms with van der Waals surface area (Å²) in [6.45, 7) is 2.07. The predicted octanol–water partition coefficient (Wildman–Crippen LogP) is 4.56. The number of ether oxygens (including phenoxy) is 3. The minimum atomic E-state index is -0.443. The standard InChI is InChI=1S/C26H23N5O3/c1-15-6-9-20-19(11-15)23-22(25(34-20)18-8-7-17(32-2)12-21(18)33-3)24(16-5-4-10-27-13-16)31-26(30-23)28-14-29-31/h4-14,24-25H,1-3H3,(H,28,29,30)/t24-,25+/m1/s1. The third-order valence-electron chi connectivity index (χ3n) is 6.29. The van der Waals surface area contributed by atoms with Crippen LogP contribution in [0.1, 0.15) is 34.4 Å². The number of rotatable bonds is 4. The van der Waals surface area contributed by atoms with Gasteiger partial charge < -0.3 is 19.5 Å². The molecular weight excluding hydrogens is 430 g/mol. The molecule has 0 saturated carbocycles. The van der Waals surface area contributed by atoms with Crippen LogP contribution in [-0.2, 0) is 0 Å². The van der Waals surface area contributed by atoms with Crippen LogP contribution < -0.4 is 19.5 Å². The van der Waals surface area contributed by atoms with E-state index in [1.165, 1.54) is 0 Å².